The van der Waals surface area contributed by atoms with Crippen LogP contribution in [0.2, 0.25) is 0 Å². The topological polar surface area (TPSA) is 12.0 Å². The highest BCUT2D eigenvalue weighted by molar-refractivity contribution is 5.91. The number of nitrogens with one attached hydrogen (secondary N) is 1. The van der Waals surface area contributed by atoms with E-state index in [2.05, 4.69) is 5.32 Å². The van der Waals surface area contributed by atoms with E-state index in [1.165, 1.54) is 0 Å². The molecule has 164 valence electrons. The second-order valence-electron chi connectivity index (χ2n) is 7.57. The summed E-state index contributed by atoms with van der Waals surface area (Å²) in [6.45, 7) is 7.92. The molecule has 0 aliphatic carbocycles. The summed E-state index contributed by atoms with van der Waals surface area (Å²) in [6.07, 6.45) is -9.29. The lowest BCUT2D eigenvalue weighted by atomic mass is 9.89. The molecule has 0 atom stereocenters. The number of rotatable bonds is 6. The van der Waals surface area contributed by atoms with Gasteiger partial charge < -0.3 is 5.32 Å². The number of alkyl halides is 6. The van der Waals surface area contributed by atoms with Crippen molar-refractivity contribution in [1.82, 2.24) is 5.32 Å². The third-order valence-electron chi connectivity index (χ3n) is 4.87. The van der Waals surface area contributed by atoms with E-state index < -0.39 is 23.5 Å². The van der Waals surface area contributed by atoms with Crippen molar-refractivity contribution in [1.29, 1.82) is 0 Å². The van der Waals surface area contributed by atoms with E-state index in [1.54, 1.807) is 13.0 Å². The van der Waals surface area contributed by atoms with Gasteiger partial charge in [-0.1, -0.05) is 38.1 Å². The molecule has 0 bridgehead atoms. The smallest absolute Gasteiger partial charge is 0.314 e. The lowest BCUT2D eigenvalue weighted by Crippen LogP contribution is -2.24. The van der Waals surface area contributed by atoms with E-state index in [1.807, 2.05) is 39.0 Å². The fourth-order valence-corrected chi connectivity index (χ4v) is 3.27. The van der Waals surface area contributed by atoms with Gasteiger partial charge in [-0.15, -0.1) is 0 Å². The van der Waals surface area contributed by atoms with Crippen LogP contribution in [0, 0.1) is 6.92 Å². The molecule has 30 heavy (non-hydrogen) atoms. The van der Waals surface area contributed by atoms with Crippen molar-refractivity contribution in [3.63, 3.8) is 0 Å². The van der Waals surface area contributed by atoms with Crippen LogP contribution in [0.3, 0.4) is 0 Å². The Labute approximate surface area is 172 Å². The Balaban J connectivity index is 2.69. The average molecular weight is 429 g/mol. The van der Waals surface area contributed by atoms with Crippen LogP contribution in [-0.2, 0) is 12.4 Å². The maximum Gasteiger partial charge on any atom is 0.416 e. The highest BCUT2D eigenvalue weighted by atomic mass is 19.4. The van der Waals surface area contributed by atoms with Gasteiger partial charge in [0.1, 0.15) is 0 Å². The molecular formula is C23H25F6N. The zero-order valence-electron chi connectivity index (χ0n) is 17.3. The lowest BCUT2D eigenvalue weighted by molar-refractivity contribution is -0.143. The minimum absolute atomic E-state index is 0.0834. The first-order chi connectivity index (χ1) is 13.8. The van der Waals surface area contributed by atoms with Gasteiger partial charge in [0.15, 0.2) is 0 Å². The molecule has 0 unspecified atom stereocenters. The van der Waals surface area contributed by atoms with Crippen molar-refractivity contribution in [2.45, 2.75) is 52.5 Å². The third kappa shape index (κ3) is 6.11. The van der Waals surface area contributed by atoms with Gasteiger partial charge in [-0.25, -0.2) is 0 Å². The molecular weight excluding hydrogens is 404 g/mol. The summed E-state index contributed by atoms with van der Waals surface area (Å²) < 4.78 is 79.7. The number of hydrogen-bond donors (Lipinski definition) is 1. The van der Waals surface area contributed by atoms with Crippen molar-refractivity contribution in [3.05, 3.63) is 70.3 Å². The van der Waals surface area contributed by atoms with E-state index in [-0.39, 0.29) is 17.7 Å². The Hall–Kier alpha value is -2.28. The maximum absolute atomic E-state index is 13.3. The van der Waals surface area contributed by atoms with E-state index in [9.17, 15) is 26.3 Å². The van der Waals surface area contributed by atoms with E-state index in [0.29, 0.717) is 24.1 Å². The number of allylic oxidation sites excluding steroid dienone is 1. The Morgan fingerprint density at radius 2 is 1.43 bits per heavy atom. The van der Waals surface area contributed by atoms with Gasteiger partial charge in [0.2, 0.25) is 0 Å². The molecule has 0 aliphatic rings. The van der Waals surface area contributed by atoms with Crippen LogP contribution in [0.1, 0.15) is 55.0 Å². The standard InChI is InChI=1S/C23H25F6N/c1-14(2)30-10-9-21(20-8-6-5-7-15(20)3)16(4)17-11-18(22(24,25)26)13-19(12-17)23(27,28)29/h5-8,11-14,30H,9-10H2,1-4H3/b21-16+. The molecule has 0 spiro atoms. The Morgan fingerprint density at radius 3 is 1.90 bits per heavy atom. The van der Waals surface area contributed by atoms with Gasteiger partial charge in [-0.3, -0.25) is 0 Å². The molecule has 0 amide bonds. The summed E-state index contributed by atoms with van der Waals surface area (Å²) in [6, 6.07) is 9.28. The van der Waals surface area contributed by atoms with Crippen LogP contribution in [-0.4, -0.2) is 12.6 Å². The van der Waals surface area contributed by atoms with Crippen LogP contribution >= 0.6 is 0 Å². The van der Waals surface area contributed by atoms with E-state index >= 15 is 0 Å². The Bertz CT molecular complexity index is 874. The molecule has 0 fully saturated rings. The fraction of sp³-hybridized carbons (Fsp3) is 0.391. The number of hydrogen-bond acceptors (Lipinski definition) is 1. The third-order valence-corrected chi connectivity index (χ3v) is 4.87. The van der Waals surface area contributed by atoms with Gasteiger partial charge >= 0.3 is 12.4 Å². The minimum Gasteiger partial charge on any atom is -0.314 e. The molecule has 0 saturated carbocycles. The predicted octanol–water partition coefficient (Wildman–Crippen LogP) is 7.35. The first-order valence-corrected chi connectivity index (χ1v) is 9.59. The molecule has 0 aliphatic heterocycles. The van der Waals surface area contributed by atoms with E-state index in [4.69, 9.17) is 0 Å². The predicted molar refractivity (Wildman–Crippen MR) is 108 cm³/mol. The second-order valence-corrected chi connectivity index (χ2v) is 7.57. The van der Waals surface area contributed by atoms with Gasteiger partial charge in [0.25, 0.3) is 0 Å². The van der Waals surface area contributed by atoms with Crippen LogP contribution < -0.4 is 5.32 Å². The Morgan fingerprint density at radius 1 is 0.900 bits per heavy atom. The Kier molecular flexibility index (Phi) is 7.40. The zero-order chi connectivity index (χ0) is 22.7. The normalized spacial score (nSPS) is 13.6. The largest absolute Gasteiger partial charge is 0.416 e. The van der Waals surface area contributed by atoms with Crippen LogP contribution in [0.15, 0.2) is 42.5 Å². The van der Waals surface area contributed by atoms with E-state index in [0.717, 1.165) is 23.3 Å². The van der Waals surface area contributed by atoms with Crippen molar-refractivity contribution < 1.29 is 26.3 Å². The highest BCUT2D eigenvalue weighted by Gasteiger charge is 2.37. The monoisotopic (exact) mass is 429 g/mol. The summed E-state index contributed by atoms with van der Waals surface area (Å²) in [5.74, 6) is 0. The molecule has 0 aromatic heterocycles. The fourth-order valence-electron chi connectivity index (χ4n) is 3.27. The molecule has 7 heteroatoms. The molecule has 0 saturated heterocycles. The number of halogens is 6. The summed E-state index contributed by atoms with van der Waals surface area (Å²) in [5.41, 5.74) is 0.123. The van der Waals surface area contributed by atoms with Gasteiger partial charge in [0.05, 0.1) is 11.1 Å². The van der Waals surface area contributed by atoms with Gasteiger partial charge in [-0.05, 0) is 72.8 Å². The van der Waals surface area contributed by atoms with Gasteiger partial charge in [0, 0.05) is 6.04 Å². The quantitative estimate of drug-likeness (QED) is 0.374. The first-order valence-electron chi connectivity index (χ1n) is 9.59. The molecule has 2 aromatic carbocycles. The van der Waals surface area contributed by atoms with Gasteiger partial charge in [-0.2, -0.15) is 26.3 Å². The zero-order valence-corrected chi connectivity index (χ0v) is 17.3. The first kappa shape index (κ1) is 24.0. The number of aryl methyl sites for hydroxylation is 1. The van der Waals surface area contributed by atoms with Crippen molar-refractivity contribution in [2.24, 2.45) is 0 Å². The molecule has 2 rings (SSSR count). The highest BCUT2D eigenvalue weighted by Crippen LogP contribution is 2.39. The number of benzene rings is 2. The summed E-state index contributed by atoms with van der Waals surface area (Å²) in [4.78, 5) is 0. The molecule has 1 N–H and O–H groups in total. The summed E-state index contributed by atoms with van der Waals surface area (Å²) in [7, 11) is 0. The molecule has 2 aromatic rings. The maximum atomic E-state index is 13.3. The second kappa shape index (κ2) is 9.25. The molecule has 0 heterocycles. The van der Waals surface area contributed by atoms with Crippen LogP contribution in [0.25, 0.3) is 11.1 Å². The SMILES string of the molecule is C/C(=C(/CCNC(C)C)c1ccccc1C)c1cc(C(F)(F)F)cc(C(F)(F)F)c1. The van der Waals surface area contributed by atoms with Crippen molar-refractivity contribution in [3.8, 4) is 0 Å². The van der Waals surface area contributed by atoms with Crippen LogP contribution in [0.4, 0.5) is 26.3 Å². The average Bonchev–Trinajstić information content (AvgIpc) is 2.63. The lowest BCUT2D eigenvalue weighted by Gasteiger charge is -2.19. The summed E-state index contributed by atoms with van der Waals surface area (Å²) in [5, 5.41) is 3.25. The van der Waals surface area contributed by atoms with Crippen molar-refractivity contribution in [2.75, 3.05) is 6.54 Å². The summed E-state index contributed by atoms with van der Waals surface area (Å²) >= 11 is 0. The minimum atomic E-state index is -4.88. The molecule has 1 nitrogen and oxygen atoms in total. The van der Waals surface area contributed by atoms with Crippen LogP contribution in [0.5, 0.6) is 0 Å². The van der Waals surface area contributed by atoms with Crippen molar-refractivity contribution >= 4 is 11.1 Å². The molecule has 0 radical (unpaired) electrons.